The lowest BCUT2D eigenvalue weighted by Crippen LogP contribution is -2.50. The maximum absolute atomic E-state index is 12.6. The molecule has 2 atom stereocenters. The summed E-state index contributed by atoms with van der Waals surface area (Å²) in [6, 6.07) is 0.267. The quantitative estimate of drug-likeness (QED) is 0.864. The molecule has 1 saturated heterocycles. The highest BCUT2D eigenvalue weighted by atomic mass is 16.4. The lowest BCUT2D eigenvalue weighted by atomic mass is 9.78. The number of imidazole rings is 1. The third-order valence-electron chi connectivity index (χ3n) is 4.56. The maximum Gasteiger partial charge on any atom is 0.354 e. The summed E-state index contributed by atoms with van der Waals surface area (Å²) >= 11 is 0. The Morgan fingerprint density at radius 1 is 1.25 bits per heavy atom. The summed E-state index contributed by atoms with van der Waals surface area (Å²) in [4.78, 5) is 32.1. The average Bonchev–Trinajstić information content (AvgIpc) is 2.95. The van der Waals surface area contributed by atoms with Crippen LogP contribution in [-0.4, -0.2) is 44.4 Å². The van der Waals surface area contributed by atoms with Crippen molar-refractivity contribution in [2.75, 3.05) is 6.54 Å². The van der Waals surface area contributed by atoms with Gasteiger partial charge in [-0.1, -0.05) is 12.8 Å². The standard InChI is InChI=1S/C14H19N3O3/c18-13(11-12(14(19)20)16-8-15-11)17-7-3-5-9-4-1-2-6-10(9)17/h8-10H,1-7H2,(H,15,16)(H,19,20)/t9-,10-/m1/s1. The van der Waals surface area contributed by atoms with Gasteiger partial charge in [-0.15, -0.1) is 0 Å². The van der Waals surface area contributed by atoms with Gasteiger partial charge in [-0.05, 0) is 31.6 Å². The van der Waals surface area contributed by atoms with Crippen LogP contribution in [0.25, 0.3) is 0 Å². The van der Waals surface area contributed by atoms with Crippen molar-refractivity contribution in [1.82, 2.24) is 14.9 Å². The van der Waals surface area contributed by atoms with Crippen LogP contribution in [-0.2, 0) is 0 Å². The average molecular weight is 277 g/mol. The van der Waals surface area contributed by atoms with Gasteiger partial charge in [-0.3, -0.25) is 4.79 Å². The van der Waals surface area contributed by atoms with E-state index in [0.29, 0.717) is 12.5 Å². The smallest absolute Gasteiger partial charge is 0.354 e. The van der Waals surface area contributed by atoms with Gasteiger partial charge in [0.25, 0.3) is 5.91 Å². The van der Waals surface area contributed by atoms with Gasteiger partial charge in [0.15, 0.2) is 11.4 Å². The van der Waals surface area contributed by atoms with Gasteiger partial charge in [0.2, 0.25) is 0 Å². The number of aromatic carboxylic acids is 1. The molecule has 1 amide bonds. The zero-order chi connectivity index (χ0) is 14.1. The molecule has 0 spiro atoms. The SMILES string of the molecule is O=C(O)c1[nH]cnc1C(=O)N1CCC[C@H]2CCCC[C@H]21. The molecule has 6 nitrogen and oxygen atoms in total. The molecule has 2 aliphatic rings. The van der Waals surface area contributed by atoms with Crippen LogP contribution in [0.3, 0.4) is 0 Å². The molecule has 0 bridgehead atoms. The Morgan fingerprint density at radius 2 is 2.00 bits per heavy atom. The number of hydrogen-bond donors (Lipinski definition) is 2. The van der Waals surface area contributed by atoms with Crippen LogP contribution < -0.4 is 0 Å². The van der Waals surface area contributed by atoms with Gasteiger partial charge in [0, 0.05) is 12.6 Å². The van der Waals surface area contributed by atoms with Crippen LogP contribution in [0.2, 0.25) is 0 Å². The summed E-state index contributed by atoms with van der Waals surface area (Å²) in [6.07, 6.45) is 8.06. The zero-order valence-corrected chi connectivity index (χ0v) is 11.3. The first-order valence-electron chi connectivity index (χ1n) is 7.26. The maximum atomic E-state index is 12.6. The normalized spacial score (nSPS) is 26.1. The van der Waals surface area contributed by atoms with E-state index < -0.39 is 5.97 Å². The zero-order valence-electron chi connectivity index (χ0n) is 11.3. The second-order valence-electron chi connectivity index (χ2n) is 5.68. The van der Waals surface area contributed by atoms with Gasteiger partial charge in [0.1, 0.15) is 0 Å². The highest BCUT2D eigenvalue weighted by molar-refractivity contribution is 6.02. The number of amides is 1. The van der Waals surface area contributed by atoms with Crippen molar-refractivity contribution in [3.63, 3.8) is 0 Å². The predicted octanol–water partition coefficient (Wildman–Crippen LogP) is 1.90. The van der Waals surface area contributed by atoms with E-state index in [-0.39, 0.29) is 23.3 Å². The fourth-order valence-electron chi connectivity index (χ4n) is 3.63. The molecule has 1 saturated carbocycles. The minimum atomic E-state index is -1.14. The van der Waals surface area contributed by atoms with E-state index in [1.54, 1.807) is 0 Å². The van der Waals surface area contributed by atoms with Crippen molar-refractivity contribution >= 4 is 11.9 Å². The highest BCUT2D eigenvalue weighted by Gasteiger charge is 2.37. The Bertz CT molecular complexity index is 523. The van der Waals surface area contributed by atoms with Crippen molar-refractivity contribution < 1.29 is 14.7 Å². The molecule has 0 radical (unpaired) electrons. The number of rotatable bonds is 2. The molecule has 2 fully saturated rings. The lowest BCUT2D eigenvalue weighted by molar-refractivity contribution is 0.0380. The van der Waals surface area contributed by atoms with E-state index in [4.69, 9.17) is 5.11 Å². The van der Waals surface area contributed by atoms with Crippen molar-refractivity contribution in [2.24, 2.45) is 5.92 Å². The Morgan fingerprint density at radius 3 is 2.80 bits per heavy atom. The molecule has 1 aliphatic carbocycles. The fourth-order valence-corrected chi connectivity index (χ4v) is 3.63. The summed E-state index contributed by atoms with van der Waals surface area (Å²) in [5.41, 5.74) is -0.0587. The number of hydrogen-bond acceptors (Lipinski definition) is 3. The molecule has 0 unspecified atom stereocenters. The van der Waals surface area contributed by atoms with Gasteiger partial charge in [-0.25, -0.2) is 9.78 Å². The number of carbonyl (C=O) groups excluding carboxylic acids is 1. The van der Waals surface area contributed by atoms with Crippen LogP contribution in [0, 0.1) is 5.92 Å². The van der Waals surface area contributed by atoms with E-state index in [9.17, 15) is 9.59 Å². The van der Waals surface area contributed by atoms with E-state index in [1.165, 1.54) is 25.6 Å². The minimum Gasteiger partial charge on any atom is -0.477 e. The third kappa shape index (κ3) is 2.19. The number of carboxylic acid groups (broad SMARTS) is 1. The molecular formula is C14H19N3O3. The predicted molar refractivity (Wildman–Crippen MR) is 71.6 cm³/mol. The van der Waals surface area contributed by atoms with Crippen LogP contribution in [0.15, 0.2) is 6.33 Å². The molecule has 108 valence electrons. The Hall–Kier alpha value is -1.85. The molecule has 1 aliphatic heterocycles. The number of aromatic amines is 1. The van der Waals surface area contributed by atoms with Crippen molar-refractivity contribution in [1.29, 1.82) is 0 Å². The van der Waals surface area contributed by atoms with Crippen molar-refractivity contribution in [3.8, 4) is 0 Å². The first-order chi connectivity index (χ1) is 9.68. The molecule has 2 heterocycles. The Balaban J connectivity index is 1.85. The van der Waals surface area contributed by atoms with Crippen LogP contribution in [0.5, 0.6) is 0 Å². The first kappa shape index (κ1) is 13.1. The number of likely N-dealkylation sites (tertiary alicyclic amines) is 1. The van der Waals surface area contributed by atoms with E-state index in [1.807, 2.05) is 4.90 Å². The van der Waals surface area contributed by atoms with Gasteiger partial charge >= 0.3 is 5.97 Å². The summed E-state index contributed by atoms with van der Waals surface area (Å²) in [7, 11) is 0. The highest BCUT2D eigenvalue weighted by Crippen LogP contribution is 2.35. The molecule has 20 heavy (non-hydrogen) atoms. The first-order valence-corrected chi connectivity index (χ1v) is 7.26. The number of nitrogens with zero attached hydrogens (tertiary/aromatic N) is 2. The van der Waals surface area contributed by atoms with E-state index in [0.717, 1.165) is 19.3 Å². The van der Waals surface area contributed by atoms with Crippen LogP contribution in [0.1, 0.15) is 59.5 Å². The van der Waals surface area contributed by atoms with E-state index in [2.05, 4.69) is 9.97 Å². The largest absolute Gasteiger partial charge is 0.477 e. The monoisotopic (exact) mass is 277 g/mol. The number of carbonyl (C=O) groups is 2. The van der Waals surface area contributed by atoms with Crippen LogP contribution in [0.4, 0.5) is 0 Å². The summed E-state index contributed by atoms with van der Waals surface area (Å²) in [5, 5.41) is 9.09. The number of piperidine rings is 1. The fraction of sp³-hybridized carbons (Fsp3) is 0.643. The summed E-state index contributed by atoms with van der Waals surface area (Å²) < 4.78 is 0. The number of H-pyrrole nitrogens is 1. The molecule has 1 aromatic heterocycles. The number of carboxylic acids is 1. The molecule has 6 heteroatoms. The Kier molecular flexibility index (Phi) is 3.46. The number of fused-ring (bicyclic) bond motifs is 1. The van der Waals surface area contributed by atoms with Crippen molar-refractivity contribution in [3.05, 3.63) is 17.7 Å². The topological polar surface area (TPSA) is 86.3 Å². The van der Waals surface area contributed by atoms with Gasteiger partial charge in [-0.2, -0.15) is 0 Å². The van der Waals surface area contributed by atoms with Crippen molar-refractivity contribution in [2.45, 2.75) is 44.6 Å². The third-order valence-corrected chi connectivity index (χ3v) is 4.56. The summed E-state index contributed by atoms with van der Waals surface area (Å²) in [6.45, 7) is 0.714. The Labute approximate surface area is 117 Å². The molecule has 1 aromatic rings. The molecule has 2 N–H and O–H groups in total. The molecule has 3 rings (SSSR count). The van der Waals surface area contributed by atoms with Gasteiger partial charge in [0.05, 0.1) is 6.33 Å². The second-order valence-corrected chi connectivity index (χ2v) is 5.68. The lowest BCUT2D eigenvalue weighted by Gasteiger charge is -2.43. The van der Waals surface area contributed by atoms with Gasteiger partial charge < -0.3 is 15.0 Å². The number of aromatic nitrogens is 2. The summed E-state index contributed by atoms with van der Waals surface area (Å²) in [5.74, 6) is -0.794. The molecule has 0 aromatic carbocycles. The minimum absolute atomic E-state index is 0.0451. The van der Waals surface area contributed by atoms with Crippen LogP contribution >= 0.6 is 0 Å². The second kappa shape index (κ2) is 5.26. The molecular weight excluding hydrogens is 258 g/mol. The van der Waals surface area contributed by atoms with E-state index >= 15 is 0 Å². The number of nitrogens with one attached hydrogen (secondary N) is 1.